The zero-order chi connectivity index (χ0) is 16.9. The van der Waals surface area contributed by atoms with E-state index in [1.165, 1.54) is 0 Å². The van der Waals surface area contributed by atoms with E-state index >= 15 is 0 Å². The number of benzene rings is 1. The molecular weight excluding hydrogens is 306 g/mol. The fraction of sp³-hybridized carbons (Fsp3) is 0.389. The average molecular weight is 327 g/mol. The molecule has 1 fully saturated rings. The molecule has 2 atom stereocenters. The molecule has 24 heavy (non-hydrogen) atoms. The summed E-state index contributed by atoms with van der Waals surface area (Å²) < 4.78 is 0. The SMILES string of the molecule is O=C(Cc1ccc(CO)cc1)N1C[C@@H](Cc2cnccn2)[C@H](O)C1. The molecule has 1 aliphatic rings. The van der Waals surface area contributed by atoms with E-state index in [0.717, 1.165) is 16.8 Å². The summed E-state index contributed by atoms with van der Waals surface area (Å²) >= 11 is 0. The lowest BCUT2D eigenvalue weighted by atomic mass is 10.0. The number of aliphatic hydroxyl groups excluding tert-OH is 2. The third kappa shape index (κ3) is 3.96. The first-order chi connectivity index (χ1) is 11.7. The maximum atomic E-state index is 12.5. The van der Waals surface area contributed by atoms with E-state index in [2.05, 4.69) is 9.97 Å². The van der Waals surface area contributed by atoms with Crippen molar-refractivity contribution in [3.63, 3.8) is 0 Å². The normalized spacial score (nSPS) is 20.3. The fourth-order valence-corrected chi connectivity index (χ4v) is 3.01. The first-order valence-electron chi connectivity index (χ1n) is 8.05. The van der Waals surface area contributed by atoms with E-state index in [4.69, 9.17) is 5.11 Å². The topological polar surface area (TPSA) is 86.5 Å². The van der Waals surface area contributed by atoms with Gasteiger partial charge in [-0.2, -0.15) is 0 Å². The number of aromatic nitrogens is 2. The van der Waals surface area contributed by atoms with Crippen LogP contribution in [0.5, 0.6) is 0 Å². The number of aliphatic hydroxyl groups is 2. The van der Waals surface area contributed by atoms with E-state index < -0.39 is 6.10 Å². The van der Waals surface area contributed by atoms with Crippen LogP contribution in [0.15, 0.2) is 42.9 Å². The molecule has 1 aromatic carbocycles. The van der Waals surface area contributed by atoms with Crippen LogP contribution < -0.4 is 0 Å². The van der Waals surface area contributed by atoms with Gasteiger partial charge in [-0.05, 0) is 17.5 Å². The van der Waals surface area contributed by atoms with Gasteiger partial charge in [-0.3, -0.25) is 14.8 Å². The van der Waals surface area contributed by atoms with Crippen LogP contribution in [-0.2, 0) is 24.2 Å². The van der Waals surface area contributed by atoms with Crippen molar-refractivity contribution in [1.29, 1.82) is 0 Å². The van der Waals surface area contributed by atoms with Gasteiger partial charge >= 0.3 is 0 Å². The minimum atomic E-state index is -0.535. The third-order valence-electron chi connectivity index (χ3n) is 4.41. The molecule has 2 heterocycles. The van der Waals surface area contributed by atoms with Crippen molar-refractivity contribution in [2.24, 2.45) is 5.92 Å². The van der Waals surface area contributed by atoms with Crippen molar-refractivity contribution in [1.82, 2.24) is 14.9 Å². The van der Waals surface area contributed by atoms with E-state index in [-0.39, 0.29) is 18.4 Å². The van der Waals surface area contributed by atoms with Crippen LogP contribution in [0, 0.1) is 5.92 Å². The number of hydrogen-bond acceptors (Lipinski definition) is 5. The first kappa shape index (κ1) is 16.5. The summed E-state index contributed by atoms with van der Waals surface area (Å²) in [5, 5.41) is 19.3. The Morgan fingerprint density at radius 1 is 1.17 bits per heavy atom. The van der Waals surface area contributed by atoms with Crippen LogP contribution in [0.3, 0.4) is 0 Å². The summed E-state index contributed by atoms with van der Waals surface area (Å²) in [4.78, 5) is 22.4. The molecule has 126 valence electrons. The maximum absolute atomic E-state index is 12.5. The third-order valence-corrected chi connectivity index (χ3v) is 4.41. The summed E-state index contributed by atoms with van der Waals surface area (Å²) in [6.07, 6.45) is 5.33. The van der Waals surface area contributed by atoms with Crippen molar-refractivity contribution < 1.29 is 15.0 Å². The van der Waals surface area contributed by atoms with Gasteiger partial charge in [0.1, 0.15) is 0 Å². The first-order valence-corrected chi connectivity index (χ1v) is 8.05. The number of likely N-dealkylation sites (tertiary alicyclic amines) is 1. The van der Waals surface area contributed by atoms with Crippen molar-refractivity contribution in [3.05, 3.63) is 59.7 Å². The molecule has 1 saturated heterocycles. The standard InChI is InChI=1S/C18H21N3O3/c22-12-14-3-1-13(2-4-14)7-18(24)21-10-15(17(23)11-21)8-16-9-19-5-6-20-16/h1-6,9,15,17,22-23H,7-8,10-12H2/t15-,17-/m1/s1. The smallest absolute Gasteiger partial charge is 0.227 e. The minimum Gasteiger partial charge on any atom is -0.392 e. The van der Waals surface area contributed by atoms with Crippen molar-refractivity contribution in [3.8, 4) is 0 Å². The van der Waals surface area contributed by atoms with Gasteiger partial charge in [0.2, 0.25) is 5.91 Å². The Kier molecular flexibility index (Phi) is 5.17. The molecule has 1 aliphatic heterocycles. The quantitative estimate of drug-likeness (QED) is 0.839. The van der Waals surface area contributed by atoms with Crippen LogP contribution in [0.2, 0.25) is 0 Å². The van der Waals surface area contributed by atoms with Gasteiger partial charge in [0, 0.05) is 37.6 Å². The van der Waals surface area contributed by atoms with Gasteiger partial charge in [-0.25, -0.2) is 0 Å². The molecule has 6 nitrogen and oxygen atoms in total. The number of nitrogens with zero attached hydrogens (tertiary/aromatic N) is 3. The van der Waals surface area contributed by atoms with Crippen LogP contribution in [0.4, 0.5) is 0 Å². The Morgan fingerprint density at radius 3 is 2.58 bits per heavy atom. The van der Waals surface area contributed by atoms with Crippen molar-refractivity contribution in [2.45, 2.75) is 25.6 Å². The highest BCUT2D eigenvalue weighted by atomic mass is 16.3. The summed E-state index contributed by atoms with van der Waals surface area (Å²) in [6.45, 7) is 0.889. The van der Waals surface area contributed by atoms with E-state index in [1.54, 1.807) is 23.5 Å². The second-order valence-corrected chi connectivity index (χ2v) is 6.18. The number of carbonyl (C=O) groups excluding carboxylic acids is 1. The Balaban J connectivity index is 1.58. The summed E-state index contributed by atoms with van der Waals surface area (Å²) in [7, 11) is 0. The molecular formula is C18H21N3O3. The number of amides is 1. The second-order valence-electron chi connectivity index (χ2n) is 6.18. The Labute approximate surface area is 140 Å². The van der Waals surface area contributed by atoms with Crippen LogP contribution in [0.25, 0.3) is 0 Å². The highest BCUT2D eigenvalue weighted by molar-refractivity contribution is 5.79. The molecule has 1 amide bonds. The molecule has 0 unspecified atom stereocenters. The zero-order valence-corrected chi connectivity index (χ0v) is 13.4. The van der Waals surface area contributed by atoms with Crippen LogP contribution >= 0.6 is 0 Å². The largest absolute Gasteiger partial charge is 0.392 e. The molecule has 0 aliphatic carbocycles. The summed E-state index contributed by atoms with van der Waals surface area (Å²) in [6, 6.07) is 7.34. The lowest BCUT2D eigenvalue weighted by Crippen LogP contribution is -2.31. The predicted molar refractivity (Wildman–Crippen MR) is 87.9 cm³/mol. The van der Waals surface area contributed by atoms with Crippen LogP contribution in [0.1, 0.15) is 16.8 Å². The monoisotopic (exact) mass is 327 g/mol. The van der Waals surface area contributed by atoms with E-state index in [0.29, 0.717) is 25.9 Å². The number of rotatable bonds is 5. The Hall–Kier alpha value is -2.31. The molecule has 6 heteroatoms. The molecule has 2 N–H and O–H groups in total. The Morgan fingerprint density at radius 2 is 1.92 bits per heavy atom. The predicted octanol–water partition coefficient (Wildman–Crippen LogP) is 0.573. The summed E-state index contributed by atoms with van der Waals surface area (Å²) in [5.74, 6) is -0.00476. The van der Waals surface area contributed by atoms with Gasteiger partial charge in [-0.1, -0.05) is 24.3 Å². The second kappa shape index (κ2) is 7.51. The molecule has 0 bridgehead atoms. The van der Waals surface area contributed by atoms with Gasteiger partial charge < -0.3 is 15.1 Å². The molecule has 1 aromatic heterocycles. The number of carbonyl (C=O) groups is 1. The highest BCUT2D eigenvalue weighted by Gasteiger charge is 2.34. The minimum absolute atomic E-state index is 0.00337. The van der Waals surface area contributed by atoms with Gasteiger partial charge in [0.15, 0.2) is 0 Å². The van der Waals surface area contributed by atoms with Crippen molar-refractivity contribution >= 4 is 5.91 Å². The van der Waals surface area contributed by atoms with Crippen LogP contribution in [-0.4, -0.2) is 50.2 Å². The molecule has 2 aromatic rings. The Bertz CT molecular complexity index is 676. The molecule has 0 spiro atoms. The lowest BCUT2D eigenvalue weighted by molar-refractivity contribution is -0.129. The number of β-amino-alcohol motifs (C(OH)–C–C–N with tert-alkyl or cyclic N) is 1. The summed E-state index contributed by atoms with van der Waals surface area (Å²) in [5.41, 5.74) is 2.56. The number of hydrogen-bond donors (Lipinski definition) is 2. The maximum Gasteiger partial charge on any atom is 0.227 e. The average Bonchev–Trinajstić information content (AvgIpc) is 2.97. The zero-order valence-electron chi connectivity index (χ0n) is 13.4. The molecule has 3 rings (SSSR count). The van der Waals surface area contributed by atoms with E-state index in [1.807, 2.05) is 24.3 Å². The van der Waals surface area contributed by atoms with E-state index in [9.17, 15) is 9.90 Å². The van der Waals surface area contributed by atoms with Gasteiger partial charge in [-0.15, -0.1) is 0 Å². The van der Waals surface area contributed by atoms with Crippen molar-refractivity contribution in [2.75, 3.05) is 13.1 Å². The fourth-order valence-electron chi connectivity index (χ4n) is 3.01. The van der Waals surface area contributed by atoms with Gasteiger partial charge in [0.05, 0.1) is 24.8 Å². The lowest BCUT2D eigenvalue weighted by Gasteiger charge is -2.16. The highest BCUT2D eigenvalue weighted by Crippen LogP contribution is 2.21. The van der Waals surface area contributed by atoms with Gasteiger partial charge in [0.25, 0.3) is 0 Å². The molecule has 0 radical (unpaired) electrons. The molecule has 0 saturated carbocycles.